The SMILES string of the molecule is COc1ccccc1-c1noc(CSc2nnc(COc3cc(C)ccc3C)o2)n1. The van der Waals surface area contributed by atoms with Gasteiger partial charge >= 0.3 is 0 Å². The molecule has 8 nitrogen and oxygen atoms in total. The number of thioether (sulfide) groups is 1. The normalized spacial score (nSPS) is 10.9. The van der Waals surface area contributed by atoms with Gasteiger partial charge in [-0.3, -0.25) is 0 Å². The van der Waals surface area contributed by atoms with Crippen molar-refractivity contribution in [3.63, 3.8) is 0 Å². The topological polar surface area (TPSA) is 96.3 Å². The maximum Gasteiger partial charge on any atom is 0.277 e. The third-order valence-electron chi connectivity index (χ3n) is 4.28. The van der Waals surface area contributed by atoms with Gasteiger partial charge in [-0.25, -0.2) is 0 Å². The number of hydrogen-bond acceptors (Lipinski definition) is 9. The fourth-order valence-corrected chi connectivity index (χ4v) is 3.35. The summed E-state index contributed by atoms with van der Waals surface area (Å²) in [6.45, 7) is 4.22. The Balaban J connectivity index is 1.35. The molecule has 2 heterocycles. The molecule has 0 aliphatic rings. The number of ether oxygens (including phenoxy) is 2. The van der Waals surface area contributed by atoms with Gasteiger partial charge in [0.05, 0.1) is 18.4 Å². The molecule has 154 valence electrons. The van der Waals surface area contributed by atoms with Crippen molar-refractivity contribution in [2.75, 3.05) is 7.11 Å². The predicted molar refractivity (Wildman–Crippen MR) is 110 cm³/mol. The van der Waals surface area contributed by atoms with Crippen LogP contribution in [0.3, 0.4) is 0 Å². The fraction of sp³-hybridized carbons (Fsp3) is 0.238. The third kappa shape index (κ3) is 4.62. The van der Waals surface area contributed by atoms with E-state index in [1.165, 1.54) is 11.8 Å². The van der Waals surface area contributed by atoms with Crippen molar-refractivity contribution in [2.45, 2.75) is 31.4 Å². The molecule has 4 aromatic rings. The zero-order valence-electron chi connectivity index (χ0n) is 16.8. The second kappa shape index (κ2) is 9.00. The van der Waals surface area contributed by atoms with Crippen molar-refractivity contribution in [1.29, 1.82) is 0 Å². The lowest BCUT2D eigenvalue weighted by molar-refractivity contribution is 0.250. The van der Waals surface area contributed by atoms with Crippen LogP contribution in [0.15, 0.2) is 56.6 Å². The van der Waals surface area contributed by atoms with Crippen LogP contribution < -0.4 is 9.47 Å². The molecule has 4 rings (SSSR count). The molecule has 9 heteroatoms. The van der Waals surface area contributed by atoms with Crippen LogP contribution in [0, 0.1) is 13.8 Å². The Labute approximate surface area is 177 Å². The van der Waals surface area contributed by atoms with E-state index in [9.17, 15) is 0 Å². The highest BCUT2D eigenvalue weighted by Gasteiger charge is 2.15. The minimum Gasteiger partial charge on any atom is -0.496 e. The molecule has 0 radical (unpaired) electrons. The van der Waals surface area contributed by atoms with Gasteiger partial charge in [0.1, 0.15) is 11.5 Å². The Kier molecular flexibility index (Phi) is 5.99. The van der Waals surface area contributed by atoms with Crippen molar-refractivity contribution in [3.8, 4) is 22.9 Å². The number of benzene rings is 2. The first-order valence-electron chi connectivity index (χ1n) is 9.23. The van der Waals surface area contributed by atoms with E-state index in [0.717, 1.165) is 22.4 Å². The Hall–Kier alpha value is -3.33. The molecule has 0 N–H and O–H groups in total. The van der Waals surface area contributed by atoms with Gasteiger partial charge in [0.15, 0.2) is 6.61 Å². The first-order chi connectivity index (χ1) is 14.6. The summed E-state index contributed by atoms with van der Waals surface area (Å²) in [7, 11) is 1.60. The van der Waals surface area contributed by atoms with Crippen LogP contribution >= 0.6 is 11.8 Å². The molecule has 0 aliphatic carbocycles. The van der Waals surface area contributed by atoms with E-state index in [1.807, 2.05) is 56.3 Å². The molecule has 2 aromatic heterocycles. The van der Waals surface area contributed by atoms with Crippen LogP contribution in [-0.2, 0) is 12.4 Å². The van der Waals surface area contributed by atoms with E-state index in [1.54, 1.807) is 7.11 Å². The standard InChI is InChI=1S/C21H20N4O4S/c1-13-8-9-14(2)17(10-13)27-11-18-23-24-21(28-18)30-12-19-22-20(25-29-19)15-6-4-5-7-16(15)26-3/h4-10H,11-12H2,1-3H3. The summed E-state index contributed by atoms with van der Waals surface area (Å²) >= 11 is 1.32. The minimum absolute atomic E-state index is 0.205. The van der Waals surface area contributed by atoms with E-state index in [4.69, 9.17) is 18.4 Å². The molecular weight excluding hydrogens is 404 g/mol. The number of nitrogens with zero attached hydrogens (tertiary/aromatic N) is 4. The second-order valence-corrected chi connectivity index (χ2v) is 7.45. The highest BCUT2D eigenvalue weighted by atomic mass is 32.2. The van der Waals surface area contributed by atoms with Crippen molar-refractivity contribution in [3.05, 3.63) is 65.4 Å². The smallest absolute Gasteiger partial charge is 0.277 e. The van der Waals surface area contributed by atoms with Gasteiger partial charge in [-0.2, -0.15) is 4.98 Å². The zero-order chi connectivity index (χ0) is 20.9. The molecular formula is C21H20N4O4S. The largest absolute Gasteiger partial charge is 0.496 e. The molecule has 0 amide bonds. The van der Waals surface area contributed by atoms with Crippen molar-refractivity contribution >= 4 is 11.8 Å². The Bertz CT molecular complexity index is 1140. The Morgan fingerprint density at radius 1 is 1.00 bits per heavy atom. The second-order valence-electron chi connectivity index (χ2n) is 6.52. The number of aryl methyl sites for hydroxylation is 2. The third-order valence-corrected chi connectivity index (χ3v) is 5.08. The summed E-state index contributed by atoms with van der Waals surface area (Å²) in [5.41, 5.74) is 2.95. The summed E-state index contributed by atoms with van der Waals surface area (Å²) in [6, 6.07) is 13.5. The molecule has 0 atom stereocenters. The van der Waals surface area contributed by atoms with Gasteiger partial charge in [-0.15, -0.1) is 10.2 Å². The summed E-state index contributed by atoms with van der Waals surface area (Å²) < 4.78 is 22.1. The van der Waals surface area contributed by atoms with Crippen molar-refractivity contribution in [2.24, 2.45) is 0 Å². The first kappa shape index (κ1) is 20.0. The molecule has 0 unspecified atom stereocenters. The van der Waals surface area contributed by atoms with E-state index >= 15 is 0 Å². The maximum atomic E-state index is 5.80. The monoisotopic (exact) mass is 424 g/mol. The quantitative estimate of drug-likeness (QED) is 0.375. The molecule has 0 bridgehead atoms. The number of para-hydroxylation sites is 1. The van der Waals surface area contributed by atoms with Gasteiger partial charge < -0.3 is 18.4 Å². The lowest BCUT2D eigenvalue weighted by Crippen LogP contribution is -1.97. The van der Waals surface area contributed by atoms with E-state index in [-0.39, 0.29) is 6.61 Å². The van der Waals surface area contributed by atoms with Gasteiger partial charge in [-0.05, 0) is 43.2 Å². The fourth-order valence-electron chi connectivity index (χ4n) is 2.73. The van der Waals surface area contributed by atoms with Gasteiger partial charge in [0.25, 0.3) is 11.1 Å². The maximum absolute atomic E-state index is 5.80. The molecule has 30 heavy (non-hydrogen) atoms. The lowest BCUT2D eigenvalue weighted by atomic mass is 10.1. The Morgan fingerprint density at radius 2 is 1.87 bits per heavy atom. The molecule has 0 spiro atoms. The lowest BCUT2D eigenvalue weighted by Gasteiger charge is -2.07. The highest BCUT2D eigenvalue weighted by Crippen LogP contribution is 2.28. The average Bonchev–Trinajstić information content (AvgIpc) is 3.42. The summed E-state index contributed by atoms with van der Waals surface area (Å²) in [5, 5.41) is 12.5. The highest BCUT2D eigenvalue weighted by molar-refractivity contribution is 7.98. The first-order valence-corrected chi connectivity index (χ1v) is 10.2. The van der Waals surface area contributed by atoms with Gasteiger partial charge in [0, 0.05) is 0 Å². The molecule has 0 saturated heterocycles. The summed E-state index contributed by atoms with van der Waals surface area (Å²) in [6.07, 6.45) is 0. The van der Waals surface area contributed by atoms with Gasteiger partial charge in [-0.1, -0.05) is 41.2 Å². The van der Waals surface area contributed by atoms with Crippen LogP contribution in [0.2, 0.25) is 0 Å². The van der Waals surface area contributed by atoms with Crippen molar-refractivity contribution in [1.82, 2.24) is 20.3 Å². The van der Waals surface area contributed by atoms with Crippen LogP contribution in [0.25, 0.3) is 11.4 Å². The van der Waals surface area contributed by atoms with Gasteiger partial charge in [0.2, 0.25) is 11.7 Å². The van der Waals surface area contributed by atoms with Crippen LogP contribution in [0.1, 0.15) is 22.9 Å². The number of methoxy groups -OCH3 is 1. The van der Waals surface area contributed by atoms with Crippen LogP contribution in [0.4, 0.5) is 0 Å². The van der Waals surface area contributed by atoms with E-state index in [2.05, 4.69) is 20.3 Å². The summed E-state index contributed by atoms with van der Waals surface area (Å²) in [5.74, 6) is 3.21. The van der Waals surface area contributed by atoms with E-state index in [0.29, 0.717) is 34.3 Å². The zero-order valence-corrected chi connectivity index (χ0v) is 17.6. The number of rotatable bonds is 8. The van der Waals surface area contributed by atoms with Crippen LogP contribution in [-0.4, -0.2) is 27.4 Å². The van der Waals surface area contributed by atoms with Crippen LogP contribution in [0.5, 0.6) is 11.5 Å². The number of hydrogen-bond donors (Lipinski definition) is 0. The summed E-state index contributed by atoms with van der Waals surface area (Å²) in [4.78, 5) is 4.41. The average molecular weight is 424 g/mol. The van der Waals surface area contributed by atoms with Crippen molar-refractivity contribution < 1.29 is 18.4 Å². The molecule has 0 aliphatic heterocycles. The molecule has 0 fully saturated rings. The molecule has 0 saturated carbocycles. The Morgan fingerprint density at radius 3 is 2.73 bits per heavy atom. The molecule has 2 aromatic carbocycles. The minimum atomic E-state index is 0.205. The van der Waals surface area contributed by atoms with E-state index < -0.39 is 0 Å². The predicted octanol–water partition coefficient (Wildman–Crippen LogP) is 4.62. The number of aromatic nitrogens is 4.